The van der Waals surface area contributed by atoms with Crippen LogP contribution in [0.1, 0.15) is 46.3 Å². The van der Waals surface area contributed by atoms with Gasteiger partial charge in [0.15, 0.2) is 0 Å². The van der Waals surface area contributed by atoms with Crippen molar-refractivity contribution in [2.45, 2.75) is 30.9 Å². The molecule has 2 aromatic carbocycles. The molecule has 0 aliphatic carbocycles. The number of carbonyl (C=O) groups excluding carboxylic acids is 1. The molecule has 1 N–H and O–H groups in total. The molecule has 5 nitrogen and oxygen atoms in total. The van der Waals surface area contributed by atoms with Crippen LogP contribution in [0.4, 0.5) is 0 Å². The van der Waals surface area contributed by atoms with Crippen molar-refractivity contribution in [3.05, 3.63) is 71.3 Å². The Labute approximate surface area is 152 Å². The Bertz CT molecular complexity index is 814. The number of amides is 1. The summed E-state index contributed by atoms with van der Waals surface area (Å²) in [5.74, 6) is -1.84. The zero-order chi connectivity index (χ0) is 18.1. The molecule has 2 heterocycles. The normalized spacial score (nSPS) is 25.2. The van der Waals surface area contributed by atoms with Gasteiger partial charge in [0, 0.05) is 18.7 Å². The van der Waals surface area contributed by atoms with Gasteiger partial charge in [-0.15, -0.1) is 0 Å². The first-order valence-electron chi connectivity index (χ1n) is 8.96. The van der Waals surface area contributed by atoms with Crippen LogP contribution in [0.2, 0.25) is 0 Å². The number of aliphatic carboxylic acids is 1. The topological polar surface area (TPSA) is 66.8 Å². The zero-order valence-electron chi connectivity index (χ0n) is 14.4. The molecule has 1 fully saturated rings. The second kappa shape index (κ2) is 6.92. The summed E-state index contributed by atoms with van der Waals surface area (Å²) in [4.78, 5) is 27.2. The summed E-state index contributed by atoms with van der Waals surface area (Å²) in [6.45, 7) is 1.11. The Kier molecular flexibility index (Phi) is 4.47. The van der Waals surface area contributed by atoms with Gasteiger partial charge in [-0.05, 0) is 30.0 Å². The predicted octanol–water partition coefficient (Wildman–Crippen LogP) is 3.23. The van der Waals surface area contributed by atoms with Crippen LogP contribution < -0.4 is 0 Å². The molecule has 5 heteroatoms. The predicted molar refractivity (Wildman–Crippen MR) is 96.0 cm³/mol. The van der Waals surface area contributed by atoms with E-state index < -0.39 is 17.9 Å². The van der Waals surface area contributed by atoms with E-state index in [1.807, 2.05) is 30.3 Å². The summed E-state index contributed by atoms with van der Waals surface area (Å²) in [5, 5.41) is 10.0. The standard InChI is InChI=1S/C21H21NO4/c23-20-17-11-5-4-10-16(17)18(21(24)25)19(14-7-2-1-3-8-14)22(20)13-15-9-6-12-26-15/h1-5,7-8,10-11,15,18-19H,6,9,12-13H2,(H,24,25)/t15-,18-,19+/m0/s1. The monoisotopic (exact) mass is 351 g/mol. The van der Waals surface area contributed by atoms with Crippen molar-refractivity contribution in [1.29, 1.82) is 0 Å². The van der Waals surface area contributed by atoms with Gasteiger partial charge in [-0.1, -0.05) is 48.5 Å². The number of carboxylic acid groups (broad SMARTS) is 1. The number of carbonyl (C=O) groups is 2. The van der Waals surface area contributed by atoms with Crippen LogP contribution >= 0.6 is 0 Å². The van der Waals surface area contributed by atoms with E-state index in [1.54, 1.807) is 29.2 Å². The third-order valence-corrected chi connectivity index (χ3v) is 5.27. The highest BCUT2D eigenvalue weighted by atomic mass is 16.5. The number of hydrogen-bond acceptors (Lipinski definition) is 3. The fourth-order valence-corrected chi connectivity index (χ4v) is 4.09. The van der Waals surface area contributed by atoms with Gasteiger partial charge in [0.25, 0.3) is 5.91 Å². The Hall–Kier alpha value is -2.66. The molecule has 1 amide bonds. The number of benzene rings is 2. The fourth-order valence-electron chi connectivity index (χ4n) is 4.09. The molecule has 2 aromatic rings. The molecule has 2 aliphatic rings. The maximum atomic E-state index is 13.2. The Balaban J connectivity index is 1.83. The Morgan fingerprint density at radius 2 is 1.85 bits per heavy atom. The maximum Gasteiger partial charge on any atom is 0.313 e. The quantitative estimate of drug-likeness (QED) is 0.918. The average Bonchev–Trinajstić information content (AvgIpc) is 3.17. The first-order valence-corrected chi connectivity index (χ1v) is 8.96. The molecule has 26 heavy (non-hydrogen) atoms. The summed E-state index contributed by atoms with van der Waals surface area (Å²) in [6, 6.07) is 15.9. The van der Waals surface area contributed by atoms with E-state index in [2.05, 4.69) is 0 Å². The molecule has 1 saturated heterocycles. The first kappa shape index (κ1) is 16.8. The molecule has 3 atom stereocenters. The van der Waals surface area contributed by atoms with Crippen LogP contribution in [0.15, 0.2) is 54.6 Å². The highest BCUT2D eigenvalue weighted by Gasteiger charge is 2.45. The van der Waals surface area contributed by atoms with Gasteiger partial charge in [-0.2, -0.15) is 0 Å². The molecule has 0 aromatic heterocycles. The summed E-state index contributed by atoms with van der Waals surface area (Å²) in [7, 11) is 0. The lowest BCUT2D eigenvalue weighted by atomic mass is 9.79. The molecule has 134 valence electrons. The second-order valence-electron chi connectivity index (χ2n) is 6.85. The van der Waals surface area contributed by atoms with E-state index >= 15 is 0 Å². The molecule has 0 unspecified atom stereocenters. The first-order chi connectivity index (χ1) is 12.7. The van der Waals surface area contributed by atoms with Crippen molar-refractivity contribution in [2.75, 3.05) is 13.2 Å². The van der Waals surface area contributed by atoms with E-state index in [1.165, 1.54) is 0 Å². The summed E-state index contributed by atoms with van der Waals surface area (Å²) >= 11 is 0. The molecule has 4 rings (SSSR count). The van der Waals surface area contributed by atoms with Crippen molar-refractivity contribution in [1.82, 2.24) is 4.90 Å². The number of fused-ring (bicyclic) bond motifs is 1. The lowest BCUT2D eigenvalue weighted by molar-refractivity contribution is -0.140. The van der Waals surface area contributed by atoms with Crippen LogP contribution in [0.25, 0.3) is 0 Å². The van der Waals surface area contributed by atoms with Gasteiger partial charge >= 0.3 is 5.97 Å². The SMILES string of the molecule is O=C(O)[C@H]1c2ccccc2C(=O)N(C[C@@H]2CCCO2)[C@@H]1c1ccccc1. The maximum absolute atomic E-state index is 13.2. The Morgan fingerprint density at radius 1 is 1.12 bits per heavy atom. The minimum absolute atomic E-state index is 0.0372. The fraction of sp³-hybridized carbons (Fsp3) is 0.333. The van der Waals surface area contributed by atoms with E-state index in [9.17, 15) is 14.7 Å². The van der Waals surface area contributed by atoms with Crippen LogP contribution in [-0.4, -0.2) is 41.1 Å². The second-order valence-corrected chi connectivity index (χ2v) is 6.85. The van der Waals surface area contributed by atoms with E-state index in [-0.39, 0.29) is 12.0 Å². The minimum atomic E-state index is -0.920. The number of rotatable bonds is 4. The third kappa shape index (κ3) is 2.88. The number of ether oxygens (including phenoxy) is 1. The van der Waals surface area contributed by atoms with E-state index in [0.29, 0.717) is 24.3 Å². The summed E-state index contributed by atoms with van der Waals surface area (Å²) < 4.78 is 5.73. The molecule has 0 bridgehead atoms. The van der Waals surface area contributed by atoms with Crippen LogP contribution in [0, 0.1) is 0 Å². The van der Waals surface area contributed by atoms with Gasteiger partial charge in [0.05, 0.1) is 12.1 Å². The number of nitrogens with zero attached hydrogens (tertiary/aromatic N) is 1. The van der Waals surface area contributed by atoms with Crippen molar-refractivity contribution in [3.8, 4) is 0 Å². The van der Waals surface area contributed by atoms with Gasteiger partial charge in [0.1, 0.15) is 5.92 Å². The minimum Gasteiger partial charge on any atom is -0.481 e. The van der Waals surface area contributed by atoms with Gasteiger partial charge in [-0.3, -0.25) is 9.59 Å². The largest absolute Gasteiger partial charge is 0.481 e. The van der Waals surface area contributed by atoms with E-state index in [4.69, 9.17) is 4.74 Å². The van der Waals surface area contributed by atoms with Gasteiger partial charge in [0.2, 0.25) is 0 Å². The molecule has 0 saturated carbocycles. The van der Waals surface area contributed by atoms with Crippen LogP contribution in [0.3, 0.4) is 0 Å². The lowest BCUT2D eigenvalue weighted by Gasteiger charge is -2.41. The summed E-state index contributed by atoms with van der Waals surface area (Å²) in [5.41, 5.74) is 1.90. The molecular weight excluding hydrogens is 330 g/mol. The molecule has 2 aliphatic heterocycles. The smallest absolute Gasteiger partial charge is 0.313 e. The van der Waals surface area contributed by atoms with Gasteiger partial charge < -0.3 is 14.7 Å². The van der Waals surface area contributed by atoms with Gasteiger partial charge in [-0.25, -0.2) is 0 Å². The third-order valence-electron chi connectivity index (χ3n) is 5.27. The highest BCUT2D eigenvalue weighted by Crippen LogP contribution is 2.43. The highest BCUT2D eigenvalue weighted by molar-refractivity contribution is 6.00. The van der Waals surface area contributed by atoms with Crippen molar-refractivity contribution < 1.29 is 19.4 Å². The van der Waals surface area contributed by atoms with Crippen molar-refractivity contribution in [3.63, 3.8) is 0 Å². The van der Waals surface area contributed by atoms with Crippen LogP contribution in [-0.2, 0) is 9.53 Å². The number of carboxylic acids is 1. The van der Waals surface area contributed by atoms with E-state index in [0.717, 1.165) is 18.4 Å². The Morgan fingerprint density at radius 3 is 2.54 bits per heavy atom. The zero-order valence-corrected chi connectivity index (χ0v) is 14.4. The van der Waals surface area contributed by atoms with Crippen LogP contribution in [0.5, 0.6) is 0 Å². The lowest BCUT2D eigenvalue weighted by Crippen LogP contribution is -2.47. The average molecular weight is 351 g/mol. The molecule has 0 spiro atoms. The van der Waals surface area contributed by atoms with Crippen molar-refractivity contribution >= 4 is 11.9 Å². The number of hydrogen-bond donors (Lipinski definition) is 1. The molecular formula is C21H21NO4. The molecule has 0 radical (unpaired) electrons. The summed E-state index contributed by atoms with van der Waals surface area (Å²) in [6.07, 6.45) is 1.83. The van der Waals surface area contributed by atoms with Crippen molar-refractivity contribution in [2.24, 2.45) is 0 Å².